The van der Waals surface area contributed by atoms with E-state index >= 15 is 0 Å². The van der Waals surface area contributed by atoms with Crippen LogP contribution in [0.25, 0.3) is 0 Å². The van der Waals surface area contributed by atoms with Crippen LogP contribution >= 0.6 is 15.9 Å². The first-order valence-electron chi connectivity index (χ1n) is 6.92. The fourth-order valence-electron chi connectivity index (χ4n) is 2.68. The summed E-state index contributed by atoms with van der Waals surface area (Å²) in [7, 11) is 2.18. The maximum atomic E-state index is 5.97. The van der Waals surface area contributed by atoms with Crippen LogP contribution in [-0.4, -0.2) is 32.3 Å². The molecule has 2 N–H and O–H groups in total. The lowest BCUT2D eigenvalue weighted by Gasteiger charge is -2.34. The highest BCUT2D eigenvalue weighted by Crippen LogP contribution is 2.28. The molecule has 0 bridgehead atoms. The summed E-state index contributed by atoms with van der Waals surface area (Å²) in [6, 6.07) is 7.24. The number of nitrogens with two attached hydrogens (primary N) is 1. The van der Waals surface area contributed by atoms with Gasteiger partial charge in [0.2, 0.25) is 0 Å². The van der Waals surface area contributed by atoms with Gasteiger partial charge in [-0.3, -0.25) is 0 Å². The Morgan fingerprint density at radius 2 is 2.11 bits per heavy atom. The fourth-order valence-corrected chi connectivity index (χ4v) is 3.09. The third-order valence-electron chi connectivity index (χ3n) is 3.70. The maximum absolute atomic E-state index is 5.97. The van der Waals surface area contributed by atoms with Crippen LogP contribution in [0.4, 0.5) is 5.69 Å². The Labute approximate surface area is 124 Å². The second kappa shape index (κ2) is 6.73. The van der Waals surface area contributed by atoms with Crippen LogP contribution in [0.3, 0.4) is 0 Å². The van der Waals surface area contributed by atoms with Gasteiger partial charge in [-0.05, 0) is 49.9 Å². The van der Waals surface area contributed by atoms with Crippen molar-refractivity contribution in [1.82, 2.24) is 0 Å². The second-order valence-corrected chi connectivity index (χ2v) is 6.32. The average Bonchev–Trinajstić information content (AvgIpc) is 2.38. The molecule has 1 saturated heterocycles. The summed E-state index contributed by atoms with van der Waals surface area (Å²) in [5.41, 5.74) is 8.58. The van der Waals surface area contributed by atoms with Gasteiger partial charge in [0.05, 0.1) is 0 Å². The lowest BCUT2D eigenvalue weighted by Crippen LogP contribution is -2.37. The molecular formula is C15H23BrN2O. The summed E-state index contributed by atoms with van der Waals surface area (Å²) < 4.78 is 6.56. The summed E-state index contributed by atoms with van der Waals surface area (Å²) in [4.78, 5) is 2.40. The molecule has 1 atom stereocenters. The molecule has 1 fully saturated rings. The molecule has 1 unspecified atom stereocenters. The molecule has 19 heavy (non-hydrogen) atoms. The summed E-state index contributed by atoms with van der Waals surface area (Å²) in [6.07, 6.45) is 3.11. The van der Waals surface area contributed by atoms with Crippen LogP contribution in [-0.2, 0) is 11.2 Å². The number of rotatable bonds is 4. The van der Waals surface area contributed by atoms with Crippen LogP contribution in [0.2, 0.25) is 0 Å². The Bertz CT molecular complexity index is 417. The highest BCUT2D eigenvalue weighted by atomic mass is 79.9. The van der Waals surface area contributed by atoms with Crippen LogP contribution in [0, 0.1) is 0 Å². The van der Waals surface area contributed by atoms with Crippen molar-refractivity contribution in [2.75, 3.05) is 25.2 Å². The minimum Gasteiger partial charge on any atom is -0.381 e. The molecule has 2 rings (SSSR count). The molecule has 1 aliphatic rings. The Kier molecular flexibility index (Phi) is 5.25. The van der Waals surface area contributed by atoms with Gasteiger partial charge < -0.3 is 15.4 Å². The monoisotopic (exact) mass is 326 g/mol. The Hall–Kier alpha value is -0.580. The molecule has 0 amide bonds. The van der Waals surface area contributed by atoms with Crippen molar-refractivity contribution in [1.29, 1.82) is 0 Å². The van der Waals surface area contributed by atoms with Gasteiger partial charge in [0.1, 0.15) is 0 Å². The second-order valence-electron chi connectivity index (χ2n) is 5.41. The Morgan fingerprint density at radius 1 is 1.42 bits per heavy atom. The van der Waals surface area contributed by atoms with Crippen molar-refractivity contribution in [3.05, 3.63) is 28.2 Å². The summed E-state index contributed by atoms with van der Waals surface area (Å²) in [6.45, 7) is 3.79. The minimum atomic E-state index is 0.177. The number of halogens is 1. The molecule has 1 heterocycles. The molecule has 3 nitrogen and oxygen atoms in total. The molecule has 0 aromatic heterocycles. The van der Waals surface area contributed by atoms with Crippen LogP contribution in [0.15, 0.2) is 22.7 Å². The van der Waals surface area contributed by atoms with E-state index in [0.29, 0.717) is 6.04 Å². The van der Waals surface area contributed by atoms with E-state index in [1.807, 2.05) is 0 Å². The molecule has 106 valence electrons. The largest absolute Gasteiger partial charge is 0.381 e. The van der Waals surface area contributed by atoms with Crippen molar-refractivity contribution in [2.45, 2.75) is 38.3 Å². The predicted molar refractivity (Wildman–Crippen MR) is 83.7 cm³/mol. The van der Waals surface area contributed by atoms with Crippen molar-refractivity contribution in [2.24, 2.45) is 5.73 Å². The van der Waals surface area contributed by atoms with Crippen LogP contribution < -0.4 is 10.6 Å². The van der Waals surface area contributed by atoms with E-state index in [-0.39, 0.29) is 6.04 Å². The van der Waals surface area contributed by atoms with Gasteiger partial charge in [-0.1, -0.05) is 15.9 Å². The molecule has 0 saturated carbocycles. The van der Waals surface area contributed by atoms with Gasteiger partial charge in [-0.25, -0.2) is 0 Å². The Balaban J connectivity index is 2.21. The van der Waals surface area contributed by atoms with E-state index in [1.165, 1.54) is 11.3 Å². The van der Waals surface area contributed by atoms with Gasteiger partial charge in [0.25, 0.3) is 0 Å². The molecule has 0 radical (unpaired) electrons. The lowest BCUT2D eigenvalue weighted by atomic mass is 10.0. The number of ether oxygens (including phenoxy) is 1. The number of anilines is 1. The molecule has 1 aromatic carbocycles. The highest BCUT2D eigenvalue weighted by molar-refractivity contribution is 9.10. The summed E-state index contributed by atoms with van der Waals surface area (Å²) >= 11 is 3.55. The number of benzene rings is 1. The lowest BCUT2D eigenvalue weighted by molar-refractivity contribution is 0.0854. The topological polar surface area (TPSA) is 38.5 Å². The maximum Gasteiger partial charge on any atom is 0.0485 e. The van der Waals surface area contributed by atoms with E-state index in [9.17, 15) is 0 Å². The standard InChI is InChI=1S/C15H23BrN2O/c1-11(17)9-12-10-13(16)3-4-15(12)18(2)14-5-7-19-8-6-14/h3-4,10-11,14H,5-9,17H2,1-2H3. The first-order valence-corrected chi connectivity index (χ1v) is 7.72. The molecule has 0 spiro atoms. The van der Waals surface area contributed by atoms with Crippen molar-refractivity contribution < 1.29 is 4.74 Å². The van der Waals surface area contributed by atoms with Crippen LogP contribution in [0.5, 0.6) is 0 Å². The van der Waals surface area contributed by atoms with E-state index in [1.54, 1.807) is 0 Å². The Morgan fingerprint density at radius 3 is 2.74 bits per heavy atom. The number of nitrogens with zero attached hydrogens (tertiary/aromatic N) is 1. The smallest absolute Gasteiger partial charge is 0.0485 e. The SMILES string of the molecule is CC(N)Cc1cc(Br)ccc1N(C)C1CCOCC1. The zero-order valence-electron chi connectivity index (χ0n) is 11.7. The summed E-state index contributed by atoms with van der Waals surface area (Å²) in [5, 5.41) is 0. The highest BCUT2D eigenvalue weighted by Gasteiger charge is 2.20. The van der Waals surface area contributed by atoms with Crippen molar-refractivity contribution >= 4 is 21.6 Å². The first-order chi connectivity index (χ1) is 9.08. The fraction of sp³-hybridized carbons (Fsp3) is 0.600. The molecule has 4 heteroatoms. The number of hydrogen-bond donors (Lipinski definition) is 1. The molecule has 1 aromatic rings. The normalized spacial score (nSPS) is 18.3. The third-order valence-corrected chi connectivity index (χ3v) is 4.20. The van der Waals surface area contributed by atoms with E-state index in [0.717, 1.165) is 36.9 Å². The van der Waals surface area contributed by atoms with E-state index in [2.05, 4.69) is 53.0 Å². The zero-order chi connectivity index (χ0) is 13.8. The van der Waals surface area contributed by atoms with Gasteiger partial charge in [0.15, 0.2) is 0 Å². The minimum absolute atomic E-state index is 0.177. The van der Waals surface area contributed by atoms with Gasteiger partial charge >= 0.3 is 0 Å². The quantitative estimate of drug-likeness (QED) is 0.924. The van der Waals surface area contributed by atoms with Gasteiger partial charge in [-0.2, -0.15) is 0 Å². The van der Waals surface area contributed by atoms with Crippen molar-refractivity contribution in [3.8, 4) is 0 Å². The first kappa shape index (κ1) is 14.8. The van der Waals surface area contributed by atoms with Crippen LogP contribution in [0.1, 0.15) is 25.3 Å². The molecule has 1 aliphatic heterocycles. The van der Waals surface area contributed by atoms with Gasteiger partial charge in [-0.15, -0.1) is 0 Å². The van der Waals surface area contributed by atoms with E-state index in [4.69, 9.17) is 10.5 Å². The van der Waals surface area contributed by atoms with E-state index < -0.39 is 0 Å². The number of hydrogen-bond acceptors (Lipinski definition) is 3. The third kappa shape index (κ3) is 3.94. The van der Waals surface area contributed by atoms with Gasteiger partial charge in [0, 0.05) is 42.5 Å². The average molecular weight is 327 g/mol. The van der Waals surface area contributed by atoms with Crippen molar-refractivity contribution in [3.63, 3.8) is 0 Å². The molecule has 0 aliphatic carbocycles. The predicted octanol–water partition coefficient (Wildman–Crippen LogP) is 2.95. The summed E-state index contributed by atoms with van der Waals surface area (Å²) in [5.74, 6) is 0. The zero-order valence-corrected chi connectivity index (χ0v) is 13.3. The molecular weight excluding hydrogens is 304 g/mol.